The highest BCUT2D eigenvalue weighted by Crippen LogP contribution is 2.21. The third-order valence-corrected chi connectivity index (χ3v) is 6.61. The van der Waals surface area contributed by atoms with Crippen molar-refractivity contribution in [1.82, 2.24) is 15.1 Å². The fourth-order valence-corrected chi connectivity index (χ4v) is 4.46. The molecule has 13 heteroatoms. The van der Waals surface area contributed by atoms with Gasteiger partial charge >= 0.3 is 18.1 Å². The van der Waals surface area contributed by atoms with Gasteiger partial charge in [-0.2, -0.15) is 18.2 Å². The van der Waals surface area contributed by atoms with Gasteiger partial charge < -0.3 is 26.2 Å². The molecule has 0 aliphatic carbocycles. The van der Waals surface area contributed by atoms with Gasteiger partial charge in [-0.3, -0.25) is 14.4 Å². The van der Waals surface area contributed by atoms with Crippen molar-refractivity contribution >= 4 is 35.3 Å². The zero-order valence-corrected chi connectivity index (χ0v) is 20.5. The highest BCUT2D eigenvalue weighted by Gasteiger charge is 2.39. The van der Waals surface area contributed by atoms with Crippen LogP contribution in [0.25, 0.3) is 0 Å². The summed E-state index contributed by atoms with van der Waals surface area (Å²) in [6.07, 6.45) is -1.43. The number of alkyl halides is 3. The smallest absolute Gasteiger partial charge is 0.383 e. The standard InChI is InChI=1S/C24H31F3N6O4/c1-15(34)32-12-9-17(10-13-32)21(35)29-14-19-4-2-3-11-33(19)23(37)30-18-7-5-16(6-8-18)20(28)31-22(36)24(25,26)27/h5-8,17,19H,2-4,9-14H2,1H3,(H,29,35)(H,30,37)(H2,28,31,36). The second-order valence-electron chi connectivity index (χ2n) is 9.18. The van der Waals surface area contributed by atoms with Crippen LogP contribution in [-0.4, -0.2) is 77.8 Å². The lowest BCUT2D eigenvalue weighted by atomic mass is 9.95. The summed E-state index contributed by atoms with van der Waals surface area (Å²) in [5.41, 5.74) is 5.98. The predicted molar refractivity (Wildman–Crippen MR) is 130 cm³/mol. The number of nitrogens with two attached hydrogens (primary N) is 1. The van der Waals surface area contributed by atoms with Gasteiger partial charge in [0.05, 0.1) is 6.04 Å². The normalized spacial score (nSPS) is 19.4. The first-order valence-electron chi connectivity index (χ1n) is 12.1. The van der Waals surface area contributed by atoms with E-state index < -0.39 is 17.9 Å². The minimum atomic E-state index is -5.11. The van der Waals surface area contributed by atoms with Crippen molar-refractivity contribution in [1.29, 1.82) is 0 Å². The Morgan fingerprint density at radius 2 is 1.68 bits per heavy atom. The number of piperidine rings is 2. The number of nitrogens with one attached hydrogen (secondary N) is 2. The summed E-state index contributed by atoms with van der Waals surface area (Å²) < 4.78 is 37.1. The highest BCUT2D eigenvalue weighted by atomic mass is 19.4. The minimum absolute atomic E-state index is 0.00510. The zero-order valence-electron chi connectivity index (χ0n) is 20.5. The number of benzene rings is 1. The van der Waals surface area contributed by atoms with Crippen molar-refractivity contribution in [2.75, 3.05) is 31.5 Å². The molecule has 3 rings (SSSR count). The molecule has 1 atom stereocenters. The minimum Gasteiger partial charge on any atom is -0.383 e. The van der Waals surface area contributed by atoms with Gasteiger partial charge in [0, 0.05) is 50.3 Å². The van der Waals surface area contributed by atoms with E-state index in [0.717, 1.165) is 19.3 Å². The topological polar surface area (TPSA) is 137 Å². The first kappa shape index (κ1) is 27.9. The molecule has 2 fully saturated rings. The van der Waals surface area contributed by atoms with Crippen LogP contribution < -0.4 is 16.4 Å². The van der Waals surface area contributed by atoms with E-state index in [9.17, 15) is 32.3 Å². The number of hydrogen-bond acceptors (Lipinski definition) is 4. The molecule has 202 valence electrons. The van der Waals surface area contributed by atoms with Crippen molar-refractivity contribution in [2.45, 2.75) is 51.2 Å². The summed E-state index contributed by atoms with van der Waals surface area (Å²) in [5.74, 6) is -3.12. The first-order valence-corrected chi connectivity index (χ1v) is 12.1. The Bertz CT molecular complexity index is 1040. The molecule has 0 saturated carbocycles. The van der Waals surface area contributed by atoms with E-state index in [-0.39, 0.29) is 35.4 Å². The Kier molecular flexibility index (Phi) is 9.11. The summed E-state index contributed by atoms with van der Waals surface area (Å²) in [6.45, 7) is 3.46. The summed E-state index contributed by atoms with van der Waals surface area (Å²) in [7, 11) is 0. The first-order chi connectivity index (χ1) is 17.5. The molecule has 2 aliphatic rings. The summed E-state index contributed by atoms with van der Waals surface area (Å²) >= 11 is 0. The molecule has 10 nitrogen and oxygen atoms in total. The number of hydrogen-bond donors (Lipinski definition) is 3. The molecule has 1 aromatic carbocycles. The predicted octanol–water partition coefficient (Wildman–Crippen LogP) is 2.24. The fraction of sp³-hybridized carbons (Fsp3) is 0.542. The quantitative estimate of drug-likeness (QED) is 0.401. The number of rotatable bonds is 5. The van der Waals surface area contributed by atoms with Gasteiger partial charge in [-0.05, 0) is 56.4 Å². The Labute approximate surface area is 212 Å². The lowest BCUT2D eigenvalue weighted by Crippen LogP contribution is -2.52. The maximum Gasteiger partial charge on any atom is 0.473 e. The molecule has 2 aliphatic heterocycles. The van der Waals surface area contributed by atoms with E-state index in [1.54, 1.807) is 9.80 Å². The van der Waals surface area contributed by atoms with Gasteiger partial charge in [0.2, 0.25) is 11.8 Å². The number of halogens is 3. The third kappa shape index (κ3) is 7.67. The number of nitrogens with zero attached hydrogens (tertiary/aromatic N) is 3. The van der Waals surface area contributed by atoms with Crippen molar-refractivity contribution in [3.05, 3.63) is 29.8 Å². The molecular formula is C24H31F3N6O4. The van der Waals surface area contributed by atoms with Gasteiger partial charge in [0.15, 0.2) is 0 Å². The zero-order chi connectivity index (χ0) is 27.2. The van der Waals surface area contributed by atoms with Gasteiger partial charge in [0.25, 0.3) is 0 Å². The SMILES string of the molecule is CC(=O)N1CCC(C(=O)NCC2CCCCN2C(=O)Nc2ccc(C(N)=NC(=O)C(F)(F)F)cc2)CC1. The second kappa shape index (κ2) is 12.1. The largest absolute Gasteiger partial charge is 0.473 e. The molecule has 1 aromatic rings. The second-order valence-corrected chi connectivity index (χ2v) is 9.18. The van der Waals surface area contributed by atoms with Crippen molar-refractivity contribution < 1.29 is 32.3 Å². The Balaban J connectivity index is 1.54. The monoisotopic (exact) mass is 524 g/mol. The summed E-state index contributed by atoms with van der Waals surface area (Å²) in [6, 6.07) is 5.04. The molecule has 4 N–H and O–H groups in total. The molecule has 0 aromatic heterocycles. The van der Waals surface area contributed by atoms with E-state index in [2.05, 4.69) is 15.6 Å². The van der Waals surface area contributed by atoms with Crippen LogP contribution in [0.3, 0.4) is 0 Å². The van der Waals surface area contributed by atoms with Crippen LogP contribution >= 0.6 is 0 Å². The summed E-state index contributed by atoms with van der Waals surface area (Å²) in [5, 5.41) is 5.71. The van der Waals surface area contributed by atoms with Crippen LogP contribution in [0.4, 0.5) is 23.7 Å². The summed E-state index contributed by atoms with van der Waals surface area (Å²) in [4.78, 5) is 54.3. The van der Waals surface area contributed by atoms with Gasteiger partial charge in [-0.15, -0.1) is 0 Å². The van der Waals surface area contributed by atoms with E-state index >= 15 is 0 Å². The number of urea groups is 1. The number of amides is 5. The van der Waals surface area contributed by atoms with E-state index in [0.29, 0.717) is 44.7 Å². The lowest BCUT2D eigenvalue weighted by molar-refractivity contribution is -0.169. The van der Waals surface area contributed by atoms with Gasteiger partial charge in [-0.25, -0.2) is 4.79 Å². The highest BCUT2D eigenvalue weighted by molar-refractivity contribution is 6.05. The number of likely N-dealkylation sites (tertiary alicyclic amines) is 2. The van der Waals surface area contributed by atoms with Crippen LogP contribution in [0.2, 0.25) is 0 Å². The van der Waals surface area contributed by atoms with E-state index in [1.807, 2.05) is 0 Å². The van der Waals surface area contributed by atoms with Crippen LogP contribution in [0.5, 0.6) is 0 Å². The maximum atomic E-state index is 12.9. The Morgan fingerprint density at radius 3 is 2.27 bits per heavy atom. The Morgan fingerprint density at radius 1 is 1.03 bits per heavy atom. The van der Waals surface area contributed by atoms with Crippen LogP contribution in [0, 0.1) is 5.92 Å². The number of amidine groups is 1. The molecule has 1 unspecified atom stereocenters. The molecule has 0 bridgehead atoms. The number of anilines is 1. The molecular weight excluding hydrogens is 493 g/mol. The lowest BCUT2D eigenvalue weighted by Gasteiger charge is -2.36. The van der Waals surface area contributed by atoms with Gasteiger partial charge in [-0.1, -0.05) is 0 Å². The average molecular weight is 525 g/mol. The fourth-order valence-electron chi connectivity index (χ4n) is 4.46. The molecule has 2 heterocycles. The third-order valence-electron chi connectivity index (χ3n) is 6.61. The number of carbonyl (C=O) groups is 4. The van der Waals surface area contributed by atoms with Crippen LogP contribution in [0.1, 0.15) is 44.6 Å². The molecule has 0 radical (unpaired) electrons. The number of carbonyl (C=O) groups excluding carboxylic acids is 4. The average Bonchev–Trinajstić information content (AvgIpc) is 2.87. The number of aliphatic imine (C=N–C) groups is 1. The van der Waals surface area contributed by atoms with Crippen LogP contribution in [-0.2, 0) is 14.4 Å². The molecule has 37 heavy (non-hydrogen) atoms. The van der Waals surface area contributed by atoms with Crippen molar-refractivity contribution in [3.63, 3.8) is 0 Å². The van der Waals surface area contributed by atoms with E-state index in [4.69, 9.17) is 5.73 Å². The van der Waals surface area contributed by atoms with E-state index in [1.165, 1.54) is 31.2 Å². The Hall–Kier alpha value is -3.64. The van der Waals surface area contributed by atoms with Crippen LogP contribution in [0.15, 0.2) is 29.3 Å². The molecule has 0 spiro atoms. The van der Waals surface area contributed by atoms with Crippen molar-refractivity contribution in [2.24, 2.45) is 16.6 Å². The molecule has 2 saturated heterocycles. The van der Waals surface area contributed by atoms with Gasteiger partial charge in [0.1, 0.15) is 5.84 Å². The molecule has 5 amide bonds. The maximum absolute atomic E-state index is 12.9. The van der Waals surface area contributed by atoms with Crippen molar-refractivity contribution in [3.8, 4) is 0 Å².